The summed E-state index contributed by atoms with van der Waals surface area (Å²) in [5.74, 6) is 0.776. The third-order valence-corrected chi connectivity index (χ3v) is 4.87. The molecule has 28 heavy (non-hydrogen) atoms. The zero-order valence-corrected chi connectivity index (χ0v) is 16.7. The summed E-state index contributed by atoms with van der Waals surface area (Å²) in [6.45, 7) is 7.52. The van der Waals surface area contributed by atoms with E-state index in [4.69, 9.17) is 4.74 Å². The summed E-state index contributed by atoms with van der Waals surface area (Å²) >= 11 is 0. The molecule has 1 aliphatic rings. The molecule has 148 valence electrons. The van der Waals surface area contributed by atoms with E-state index in [1.165, 1.54) is 5.56 Å². The lowest BCUT2D eigenvalue weighted by Crippen LogP contribution is -2.39. The first-order valence-electron chi connectivity index (χ1n) is 9.71. The third-order valence-electron chi connectivity index (χ3n) is 4.87. The van der Waals surface area contributed by atoms with Crippen molar-refractivity contribution in [2.24, 2.45) is 0 Å². The Morgan fingerprint density at radius 2 is 1.89 bits per heavy atom. The molecule has 2 aromatic rings. The van der Waals surface area contributed by atoms with E-state index in [0.717, 1.165) is 23.3 Å². The molecule has 6 nitrogen and oxygen atoms in total. The van der Waals surface area contributed by atoms with Gasteiger partial charge in [0.2, 0.25) is 5.91 Å². The lowest BCUT2D eigenvalue weighted by atomic mass is 10.00. The van der Waals surface area contributed by atoms with Crippen LogP contribution in [0.1, 0.15) is 37.0 Å². The number of anilines is 2. The molecule has 0 spiro atoms. The summed E-state index contributed by atoms with van der Waals surface area (Å²) in [6, 6.07) is 11.5. The molecule has 0 saturated carbocycles. The number of carbonyl (C=O) groups is 2. The topological polar surface area (TPSA) is 70.7 Å². The Morgan fingerprint density at radius 1 is 1.07 bits per heavy atom. The molecule has 0 atom stereocenters. The van der Waals surface area contributed by atoms with Crippen molar-refractivity contribution in [3.8, 4) is 5.75 Å². The van der Waals surface area contributed by atoms with Crippen LogP contribution in [0.4, 0.5) is 16.2 Å². The van der Waals surface area contributed by atoms with Gasteiger partial charge in [0.25, 0.3) is 0 Å². The van der Waals surface area contributed by atoms with Gasteiger partial charge in [-0.15, -0.1) is 0 Å². The first-order chi connectivity index (χ1) is 13.5. The SMILES string of the molecule is CCOc1ccc2c(c1)CN(C(=O)Nc1cc(NC(=O)CC)ccc1C)CC2. The van der Waals surface area contributed by atoms with E-state index in [1.807, 2.05) is 38.1 Å². The molecule has 0 radical (unpaired) electrons. The zero-order chi connectivity index (χ0) is 20.1. The fraction of sp³-hybridized carbons (Fsp3) is 0.364. The number of hydrogen-bond donors (Lipinski definition) is 2. The van der Waals surface area contributed by atoms with Crippen LogP contribution in [0.5, 0.6) is 5.75 Å². The van der Waals surface area contributed by atoms with Crippen molar-refractivity contribution < 1.29 is 14.3 Å². The summed E-state index contributed by atoms with van der Waals surface area (Å²) < 4.78 is 5.58. The molecule has 1 heterocycles. The van der Waals surface area contributed by atoms with Gasteiger partial charge in [-0.05, 0) is 61.2 Å². The summed E-state index contributed by atoms with van der Waals surface area (Å²) in [6.07, 6.45) is 1.23. The minimum Gasteiger partial charge on any atom is -0.494 e. The van der Waals surface area contributed by atoms with Crippen molar-refractivity contribution in [3.63, 3.8) is 0 Å². The van der Waals surface area contributed by atoms with Crippen molar-refractivity contribution in [3.05, 3.63) is 53.1 Å². The molecule has 3 rings (SSSR count). The second-order valence-electron chi connectivity index (χ2n) is 6.90. The van der Waals surface area contributed by atoms with Gasteiger partial charge >= 0.3 is 6.03 Å². The van der Waals surface area contributed by atoms with Crippen LogP contribution >= 0.6 is 0 Å². The van der Waals surface area contributed by atoms with Gasteiger partial charge in [-0.1, -0.05) is 19.1 Å². The maximum atomic E-state index is 12.8. The Bertz CT molecular complexity index is 879. The molecule has 2 N–H and O–H groups in total. The lowest BCUT2D eigenvalue weighted by Gasteiger charge is -2.29. The monoisotopic (exact) mass is 381 g/mol. The Kier molecular flexibility index (Phi) is 6.19. The Morgan fingerprint density at radius 3 is 2.64 bits per heavy atom. The fourth-order valence-electron chi connectivity index (χ4n) is 3.24. The van der Waals surface area contributed by atoms with E-state index >= 15 is 0 Å². The van der Waals surface area contributed by atoms with Crippen LogP contribution in [-0.2, 0) is 17.8 Å². The molecule has 6 heteroatoms. The lowest BCUT2D eigenvalue weighted by molar-refractivity contribution is -0.115. The van der Waals surface area contributed by atoms with Gasteiger partial charge in [-0.3, -0.25) is 4.79 Å². The smallest absolute Gasteiger partial charge is 0.322 e. The summed E-state index contributed by atoms with van der Waals surface area (Å²) in [5.41, 5.74) is 4.70. The quantitative estimate of drug-likeness (QED) is 0.810. The number of ether oxygens (including phenoxy) is 1. The highest BCUT2D eigenvalue weighted by Crippen LogP contribution is 2.26. The molecule has 0 fully saturated rings. The largest absolute Gasteiger partial charge is 0.494 e. The van der Waals surface area contributed by atoms with Crippen LogP contribution in [-0.4, -0.2) is 30.0 Å². The maximum Gasteiger partial charge on any atom is 0.322 e. The molecule has 0 aliphatic carbocycles. The number of aryl methyl sites for hydroxylation is 1. The summed E-state index contributed by atoms with van der Waals surface area (Å²) in [7, 11) is 0. The van der Waals surface area contributed by atoms with E-state index in [1.54, 1.807) is 17.9 Å². The van der Waals surface area contributed by atoms with Gasteiger partial charge in [0.05, 0.1) is 6.61 Å². The highest BCUT2D eigenvalue weighted by Gasteiger charge is 2.21. The second-order valence-corrected chi connectivity index (χ2v) is 6.90. The number of urea groups is 1. The van der Waals surface area contributed by atoms with Crippen molar-refractivity contribution in [2.45, 2.75) is 40.2 Å². The molecule has 0 aromatic heterocycles. The van der Waals surface area contributed by atoms with Crippen LogP contribution in [0.2, 0.25) is 0 Å². The Labute approximate surface area is 165 Å². The number of fused-ring (bicyclic) bond motifs is 1. The van der Waals surface area contributed by atoms with E-state index in [2.05, 4.69) is 16.7 Å². The Hall–Kier alpha value is -3.02. The normalized spacial score (nSPS) is 12.9. The van der Waals surface area contributed by atoms with Crippen molar-refractivity contribution in [1.82, 2.24) is 4.90 Å². The van der Waals surface area contributed by atoms with Crippen LogP contribution in [0.3, 0.4) is 0 Å². The summed E-state index contributed by atoms with van der Waals surface area (Å²) in [4.78, 5) is 26.2. The average molecular weight is 381 g/mol. The first kappa shape index (κ1) is 19.7. The number of hydrogen-bond acceptors (Lipinski definition) is 3. The molecular formula is C22H27N3O3. The van der Waals surface area contributed by atoms with Crippen LogP contribution < -0.4 is 15.4 Å². The molecule has 0 bridgehead atoms. The van der Waals surface area contributed by atoms with Gasteiger partial charge in [0, 0.05) is 30.9 Å². The number of nitrogens with zero attached hydrogens (tertiary/aromatic N) is 1. The number of carbonyl (C=O) groups excluding carboxylic acids is 2. The number of nitrogens with one attached hydrogen (secondary N) is 2. The molecule has 2 aromatic carbocycles. The second kappa shape index (κ2) is 8.78. The van der Waals surface area contributed by atoms with E-state index in [0.29, 0.717) is 37.5 Å². The predicted molar refractivity (Wildman–Crippen MR) is 111 cm³/mol. The first-order valence-corrected chi connectivity index (χ1v) is 9.71. The number of rotatable bonds is 5. The van der Waals surface area contributed by atoms with Crippen LogP contribution in [0.15, 0.2) is 36.4 Å². The minimum atomic E-state index is -0.144. The van der Waals surface area contributed by atoms with Crippen molar-refractivity contribution in [2.75, 3.05) is 23.8 Å². The van der Waals surface area contributed by atoms with Gasteiger partial charge in [0.15, 0.2) is 0 Å². The number of benzene rings is 2. The molecule has 1 aliphatic heterocycles. The van der Waals surface area contributed by atoms with E-state index in [9.17, 15) is 9.59 Å². The molecule has 0 unspecified atom stereocenters. The summed E-state index contributed by atoms with van der Waals surface area (Å²) in [5, 5.41) is 5.81. The molecule has 3 amide bonds. The zero-order valence-electron chi connectivity index (χ0n) is 16.7. The van der Waals surface area contributed by atoms with E-state index < -0.39 is 0 Å². The van der Waals surface area contributed by atoms with E-state index in [-0.39, 0.29) is 11.9 Å². The Balaban J connectivity index is 1.71. The minimum absolute atomic E-state index is 0.0566. The standard InChI is InChI=1S/C22H27N3O3/c1-4-21(26)23-18-8-6-15(3)20(13-18)24-22(27)25-11-10-16-7-9-19(28-5-2)12-17(16)14-25/h6-9,12-13H,4-5,10-11,14H2,1-3H3,(H,23,26)(H,24,27). The highest BCUT2D eigenvalue weighted by atomic mass is 16.5. The van der Waals surface area contributed by atoms with Gasteiger partial charge in [-0.25, -0.2) is 4.79 Å². The van der Waals surface area contributed by atoms with Gasteiger partial charge < -0.3 is 20.3 Å². The van der Waals surface area contributed by atoms with Gasteiger partial charge in [-0.2, -0.15) is 0 Å². The van der Waals surface area contributed by atoms with Crippen molar-refractivity contribution >= 4 is 23.3 Å². The predicted octanol–water partition coefficient (Wildman–Crippen LogP) is 4.33. The average Bonchev–Trinajstić information content (AvgIpc) is 2.70. The van der Waals surface area contributed by atoms with Crippen molar-refractivity contribution in [1.29, 1.82) is 0 Å². The third kappa shape index (κ3) is 4.63. The molecular weight excluding hydrogens is 354 g/mol. The van der Waals surface area contributed by atoms with Gasteiger partial charge in [0.1, 0.15) is 5.75 Å². The highest BCUT2D eigenvalue weighted by molar-refractivity contribution is 5.94. The van der Waals surface area contributed by atoms with Crippen LogP contribution in [0, 0.1) is 6.92 Å². The number of amides is 3. The fourth-order valence-corrected chi connectivity index (χ4v) is 3.24. The maximum absolute atomic E-state index is 12.8. The molecule has 0 saturated heterocycles. The van der Waals surface area contributed by atoms with Crippen LogP contribution in [0.25, 0.3) is 0 Å².